The fourth-order valence-corrected chi connectivity index (χ4v) is 2.40. The van der Waals surface area contributed by atoms with E-state index in [4.69, 9.17) is 10.5 Å². The van der Waals surface area contributed by atoms with E-state index in [1.165, 1.54) is 0 Å². The zero-order valence-corrected chi connectivity index (χ0v) is 11.5. The molecule has 0 saturated carbocycles. The topological polar surface area (TPSA) is 58.8 Å². The number of nitrogens with zero attached hydrogens (tertiary/aromatic N) is 2. The minimum Gasteiger partial charge on any atom is -0.492 e. The van der Waals surface area contributed by atoms with Crippen molar-refractivity contribution in [3.8, 4) is 5.75 Å². The molecule has 19 heavy (non-hydrogen) atoms. The van der Waals surface area contributed by atoms with Crippen LogP contribution < -0.4 is 15.4 Å². The Morgan fingerprint density at radius 1 is 1.37 bits per heavy atom. The van der Waals surface area contributed by atoms with Crippen LogP contribution in [-0.2, 0) is 4.79 Å². The van der Waals surface area contributed by atoms with Gasteiger partial charge in [-0.1, -0.05) is 12.1 Å². The van der Waals surface area contributed by atoms with Crippen LogP contribution in [0.4, 0.5) is 5.69 Å². The second-order valence-corrected chi connectivity index (χ2v) is 4.61. The highest BCUT2D eigenvalue weighted by Crippen LogP contribution is 2.30. The number of piperazine rings is 1. The lowest BCUT2D eigenvalue weighted by atomic mass is 10.1. The first-order valence-electron chi connectivity index (χ1n) is 6.62. The van der Waals surface area contributed by atoms with Gasteiger partial charge >= 0.3 is 0 Å². The van der Waals surface area contributed by atoms with Crippen molar-refractivity contribution in [2.45, 2.75) is 13.0 Å². The summed E-state index contributed by atoms with van der Waals surface area (Å²) in [7, 11) is 1.82. The number of benzene rings is 1. The van der Waals surface area contributed by atoms with Gasteiger partial charge in [0.2, 0.25) is 5.91 Å². The molecule has 2 N–H and O–H groups in total. The smallest absolute Gasteiger partial charge is 0.246 e. The van der Waals surface area contributed by atoms with E-state index in [9.17, 15) is 4.79 Å². The molecule has 1 fully saturated rings. The second kappa shape index (κ2) is 5.93. The summed E-state index contributed by atoms with van der Waals surface area (Å²) >= 11 is 0. The van der Waals surface area contributed by atoms with Crippen molar-refractivity contribution in [3.63, 3.8) is 0 Å². The lowest BCUT2D eigenvalue weighted by molar-refractivity contribution is -0.132. The summed E-state index contributed by atoms with van der Waals surface area (Å²) in [5, 5.41) is 0. The Kier molecular flexibility index (Phi) is 4.27. The number of amides is 1. The van der Waals surface area contributed by atoms with E-state index in [1.54, 1.807) is 4.90 Å². The fraction of sp³-hybridized carbons (Fsp3) is 0.500. The van der Waals surface area contributed by atoms with Crippen molar-refractivity contribution >= 4 is 11.6 Å². The lowest BCUT2D eigenvalue weighted by Gasteiger charge is -2.40. The Balaban J connectivity index is 2.32. The van der Waals surface area contributed by atoms with Crippen LogP contribution in [0.5, 0.6) is 5.75 Å². The zero-order chi connectivity index (χ0) is 13.8. The van der Waals surface area contributed by atoms with Crippen LogP contribution in [0.15, 0.2) is 24.3 Å². The van der Waals surface area contributed by atoms with E-state index >= 15 is 0 Å². The predicted molar refractivity (Wildman–Crippen MR) is 75.4 cm³/mol. The molecule has 1 heterocycles. The van der Waals surface area contributed by atoms with Gasteiger partial charge < -0.3 is 20.3 Å². The van der Waals surface area contributed by atoms with Crippen LogP contribution in [0.1, 0.15) is 6.92 Å². The molecule has 1 aliphatic rings. The van der Waals surface area contributed by atoms with Gasteiger partial charge in [-0.05, 0) is 19.1 Å². The molecule has 5 heteroatoms. The SMILES string of the molecule is CCOc1ccccc1N1CCN(C)C(=O)C1CN. The van der Waals surface area contributed by atoms with E-state index in [1.807, 2.05) is 43.1 Å². The number of carbonyl (C=O) groups excluding carboxylic acids is 1. The molecule has 0 aliphatic carbocycles. The van der Waals surface area contributed by atoms with Gasteiger partial charge in [-0.15, -0.1) is 0 Å². The molecule has 0 bridgehead atoms. The highest BCUT2D eigenvalue weighted by molar-refractivity contribution is 5.87. The number of nitrogens with two attached hydrogens (primary N) is 1. The molecule has 1 aliphatic heterocycles. The van der Waals surface area contributed by atoms with Crippen molar-refractivity contribution in [1.29, 1.82) is 0 Å². The largest absolute Gasteiger partial charge is 0.492 e. The van der Waals surface area contributed by atoms with Gasteiger partial charge in [-0.3, -0.25) is 4.79 Å². The summed E-state index contributed by atoms with van der Waals surface area (Å²) in [6, 6.07) is 7.49. The van der Waals surface area contributed by atoms with Crippen LogP contribution >= 0.6 is 0 Å². The predicted octanol–water partition coefficient (Wildman–Crippen LogP) is 0.691. The average molecular weight is 263 g/mol. The van der Waals surface area contributed by atoms with Crippen LogP contribution in [0, 0.1) is 0 Å². The highest BCUT2D eigenvalue weighted by atomic mass is 16.5. The minimum atomic E-state index is -0.305. The van der Waals surface area contributed by atoms with E-state index in [0.29, 0.717) is 19.7 Å². The van der Waals surface area contributed by atoms with Crippen LogP contribution in [-0.4, -0.2) is 50.1 Å². The van der Waals surface area contributed by atoms with Crippen molar-refractivity contribution in [2.24, 2.45) is 5.73 Å². The molecule has 1 amide bonds. The molecule has 1 saturated heterocycles. The first kappa shape index (κ1) is 13.7. The number of anilines is 1. The second-order valence-electron chi connectivity index (χ2n) is 4.61. The van der Waals surface area contributed by atoms with Gasteiger partial charge in [0.05, 0.1) is 12.3 Å². The lowest BCUT2D eigenvalue weighted by Crippen LogP contribution is -2.58. The third-order valence-corrected chi connectivity index (χ3v) is 3.41. The van der Waals surface area contributed by atoms with Crippen LogP contribution in [0.25, 0.3) is 0 Å². The maximum absolute atomic E-state index is 12.2. The molecular formula is C14H21N3O2. The van der Waals surface area contributed by atoms with E-state index in [-0.39, 0.29) is 11.9 Å². The first-order chi connectivity index (χ1) is 9.19. The maximum Gasteiger partial charge on any atom is 0.246 e. The van der Waals surface area contributed by atoms with Gasteiger partial charge in [0.25, 0.3) is 0 Å². The molecule has 104 valence electrons. The van der Waals surface area contributed by atoms with E-state index < -0.39 is 0 Å². The molecule has 1 aromatic rings. The minimum absolute atomic E-state index is 0.0695. The zero-order valence-electron chi connectivity index (χ0n) is 11.5. The molecule has 1 aromatic carbocycles. The summed E-state index contributed by atoms with van der Waals surface area (Å²) in [6.45, 7) is 4.34. The Labute approximate surface area is 113 Å². The Hall–Kier alpha value is -1.75. The first-order valence-corrected chi connectivity index (χ1v) is 6.62. The summed E-state index contributed by atoms with van der Waals surface area (Å²) in [5.41, 5.74) is 6.72. The summed E-state index contributed by atoms with van der Waals surface area (Å²) in [4.78, 5) is 16.0. The molecule has 2 rings (SSSR count). The third kappa shape index (κ3) is 2.66. The number of hydrogen-bond acceptors (Lipinski definition) is 4. The highest BCUT2D eigenvalue weighted by Gasteiger charge is 2.33. The van der Waals surface area contributed by atoms with Gasteiger partial charge in [0.15, 0.2) is 0 Å². The molecule has 5 nitrogen and oxygen atoms in total. The monoisotopic (exact) mass is 263 g/mol. The maximum atomic E-state index is 12.2. The Morgan fingerprint density at radius 3 is 2.79 bits per heavy atom. The standard InChI is InChI=1S/C14H21N3O2/c1-3-19-13-7-5-4-6-11(13)17-9-8-16(2)14(18)12(17)10-15/h4-7,12H,3,8-10,15H2,1-2H3. The molecule has 0 spiro atoms. The normalized spacial score (nSPS) is 19.7. The average Bonchev–Trinajstić information content (AvgIpc) is 2.43. The quantitative estimate of drug-likeness (QED) is 0.868. The van der Waals surface area contributed by atoms with Crippen molar-refractivity contribution in [1.82, 2.24) is 4.90 Å². The number of carbonyl (C=O) groups is 1. The molecule has 0 aromatic heterocycles. The van der Waals surface area contributed by atoms with Gasteiger partial charge in [0.1, 0.15) is 11.8 Å². The Morgan fingerprint density at radius 2 is 2.11 bits per heavy atom. The number of para-hydroxylation sites is 2. The van der Waals surface area contributed by atoms with Crippen LogP contribution in [0.2, 0.25) is 0 Å². The van der Waals surface area contributed by atoms with Crippen molar-refractivity contribution < 1.29 is 9.53 Å². The van der Waals surface area contributed by atoms with E-state index in [0.717, 1.165) is 18.0 Å². The van der Waals surface area contributed by atoms with Gasteiger partial charge in [0, 0.05) is 26.7 Å². The van der Waals surface area contributed by atoms with Crippen molar-refractivity contribution in [3.05, 3.63) is 24.3 Å². The molecule has 1 atom stereocenters. The third-order valence-electron chi connectivity index (χ3n) is 3.41. The number of likely N-dealkylation sites (N-methyl/N-ethyl adjacent to an activating group) is 1. The van der Waals surface area contributed by atoms with Gasteiger partial charge in [-0.2, -0.15) is 0 Å². The summed E-state index contributed by atoms with van der Waals surface area (Å²) in [6.07, 6.45) is 0. The number of rotatable bonds is 4. The van der Waals surface area contributed by atoms with Gasteiger partial charge in [-0.25, -0.2) is 0 Å². The van der Waals surface area contributed by atoms with Crippen molar-refractivity contribution in [2.75, 3.05) is 38.2 Å². The fourth-order valence-electron chi connectivity index (χ4n) is 2.40. The number of hydrogen-bond donors (Lipinski definition) is 1. The molecular weight excluding hydrogens is 242 g/mol. The summed E-state index contributed by atoms with van der Waals surface area (Å²) in [5.74, 6) is 0.876. The molecule has 1 unspecified atom stereocenters. The molecule has 0 radical (unpaired) electrons. The number of ether oxygens (including phenoxy) is 1. The van der Waals surface area contributed by atoms with E-state index in [2.05, 4.69) is 0 Å². The summed E-state index contributed by atoms with van der Waals surface area (Å²) < 4.78 is 5.64. The Bertz CT molecular complexity index is 450. The van der Waals surface area contributed by atoms with Crippen LogP contribution in [0.3, 0.4) is 0 Å².